The Hall–Kier alpha value is -0.340. The maximum Gasteiger partial charge on any atom is 0.0343 e. The zero-order valence-electron chi connectivity index (χ0n) is 9.80. The number of nitrogens with one attached hydrogen (secondary N) is 1. The van der Waals surface area contributed by atoms with Gasteiger partial charge in [0, 0.05) is 12.1 Å². The highest BCUT2D eigenvalue weighted by Crippen LogP contribution is 2.26. The molecule has 15 heavy (non-hydrogen) atoms. The van der Waals surface area contributed by atoms with Crippen LogP contribution in [0.1, 0.15) is 38.5 Å². The molecule has 0 bridgehead atoms. The highest BCUT2D eigenvalue weighted by atomic mass is 15.2. The fourth-order valence-electron chi connectivity index (χ4n) is 3.05. The third kappa shape index (κ3) is 2.82. The Bertz CT molecular complexity index is 201. The summed E-state index contributed by atoms with van der Waals surface area (Å²) >= 11 is 0. The van der Waals surface area contributed by atoms with E-state index in [4.69, 9.17) is 0 Å². The van der Waals surface area contributed by atoms with E-state index >= 15 is 0 Å². The van der Waals surface area contributed by atoms with Gasteiger partial charge in [-0.05, 0) is 51.7 Å². The molecule has 0 amide bonds. The molecule has 0 aromatic carbocycles. The molecular weight excluding hydrogens is 184 g/mol. The van der Waals surface area contributed by atoms with E-state index in [1.807, 2.05) is 0 Å². The van der Waals surface area contributed by atoms with Gasteiger partial charge in [0.2, 0.25) is 0 Å². The van der Waals surface area contributed by atoms with Crippen LogP contribution in [0, 0.1) is 0 Å². The number of nitrogens with zero attached hydrogens (tertiary/aromatic N) is 1. The zero-order valence-corrected chi connectivity index (χ0v) is 9.80. The van der Waals surface area contributed by atoms with Crippen LogP contribution in [0.15, 0.2) is 12.7 Å². The van der Waals surface area contributed by atoms with Crippen LogP contribution in [-0.4, -0.2) is 36.6 Å². The van der Waals surface area contributed by atoms with Gasteiger partial charge in [0.1, 0.15) is 0 Å². The molecule has 0 radical (unpaired) electrons. The van der Waals surface area contributed by atoms with Crippen molar-refractivity contribution in [2.45, 2.75) is 44.1 Å². The summed E-state index contributed by atoms with van der Waals surface area (Å²) in [6, 6.07) is 0. The van der Waals surface area contributed by atoms with Crippen molar-refractivity contribution < 1.29 is 0 Å². The average Bonchev–Trinajstić information content (AvgIpc) is 2.72. The molecule has 2 heteroatoms. The van der Waals surface area contributed by atoms with Crippen LogP contribution in [0.3, 0.4) is 0 Å². The maximum absolute atomic E-state index is 3.92. The summed E-state index contributed by atoms with van der Waals surface area (Å²) in [7, 11) is 0. The van der Waals surface area contributed by atoms with E-state index < -0.39 is 0 Å². The van der Waals surface area contributed by atoms with Gasteiger partial charge >= 0.3 is 0 Å². The molecule has 2 saturated heterocycles. The number of hydrogen-bond donors (Lipinski definition) is 1. The van der Waals surface area contributed by atoms with Crippen molar-refractivity contribution in [2.24, 2.45) is 0 Å². The molecule has 0 aromatic rings. The minimum absolute atomic E-state index is 0.352. The Morgan fingerprint density at radius 1 is 1.20 bits per heavy atom. The molecule has 0 unspecified atom stereocenters. The summed E-state index contributed by atoms with van der Waals surface area (Å²) in [5, 5.41) is 3.75. The fourth-order valence-corrected chi connectivity index (χ4v) is 3.05. The minimum atomic E-state index is 0.352. The molecule has 0 spiro atoms. The van der Waals surface area contributed by atoms with Gasteiger partial charge in [-0.3, -0.25) is 0 Å². The first-order chi connectivity index (χ1) is 7.35. The minimum Gasteiger partial charge on any atom is -0.310 e. The highest BCUT2D eigenvalue weighted by molar-refractivity contribution is 4.98. The van der Waals surface area contributed by atoms with Crippen LogP contribution in [0.25, 0.3) is 0 Å². The molecule has 2 nitrogen and oxygen atoms in total. The second kappa shape index (κ2) is 5.13. The number of likely N-dealkylation sites (tertiary alicyclic amines) is 1. The van der Waals surface area contributed by atoms with Crippen molar-refractivity contribution in [1.29, 1.82) is 0 Å². The average molecular weight is 208 g/mol. The Morgan fingerprint density at radius 3 is 2.60 bits per heavy atom. The molecule has 1 atom stereocenters. The number of hydrogen-bond acceptors (Lipinski definition) is 2. The van der Waals surface area contributed by atoms with Gasteiger partial charge in [-0.1, -0.05) is 12.5 Å². The van der Waals surface area contributed by atoms with E-state index in [2.05, 4.69) is 22.9 Å². The van der Waals surface area contributed by atoms with Gasteiger partial charge < -0.3 is 10.2 Å². The highest BCUT2D eigenvalue weighted by Gasteiger charge is 2.32. The molecule has 86 valence electrons. The van der Waals surface area contributed by atoms with Crippen LogP contribution < -0.4 is 5.32 Å². The van der Waals surface area contributed by atoms with E-state index in [0.717, 1.165) is 6.42 Å². The molecule has 2 aliphatic rings. The van der Waals surface area contributed by atoms with E-state index in [1.165, 1.54) is 58.3 Å². The lowest BCUT2D eigenvalue weighted by molar-refractivity contribution is 0.172. The zero-order chi connectivity index (χ0) is 10.6. The summed E-state index contributed by atoms with van der Waals surface area (Å²) in [5.74, 6) is 0. The second-order valence-corrected chi connectivity index (χ2v) is 5.14. The maximum atomic E-state index is 3.92. The third-order valence-corrected chi connectivity index (χ3v) is 3.84. The number of rotatable bonds is 4. The first-order valence-electron chi connectivity index (χ1n) is 6.43. The van der Waals surface area contributed by atoms with Gasteiger partial charge in [0.15, 0.2) is 0 Å². The standard InChI is InChI=1S/C13H24N2/c1-2-7-13(8-3-4-9-14-13)12-15-10-5-6-11-15/h2,14H,1,3-12H2/t13-/m0/s1. The van der Waals surface area contributed by atoms with E-state index in [-0.39, 0.29) is 0 Å². The first kappa shape index (κ1) is 11.2. The van der Waals surface area contributed by atoms with Crippen molar-refractivity contribution >= 4 is 0 Å². The van der Waals surface area contributed by atoms with Crippen LogP contribution in [0.4, 0.5) is 0 Å². The summed E-state index contributed by atoms with van der Waals surface area (Å²) < 4.78 is 0. The van der Waals surface area contributed by atoms with Gasteiger partial charge in [-0.15, -0.1) is 6.58 Å². The quantitative estimate of drug-likeness (QED) is 0.712. The van der Waals surface area contributed by atoms with Gasteiger partial charge in [0.05, 0.1) is 0 Å². The molecule has 2 rings (SSSR count). The Labute approximate surface area is 93.7 Å². The van der Waals surface area contributed by atoms with Crippen LogP contribution in [0.5, 0.6) is 0 Å². The smallest absolute Gasteiger partial charge is 0.0343 e. The lowest BCUT2D eigenvalue weighted by Gasteiger charge is -2.40. The normalized spacial score (nSPS) is 33.1. The molecule has 0 aliphatic carbocycles. The monoisotopic (exact) mass is 208 g/mol. The second-order valence-electron chi connectivity index (χ2n) is 5.14. The van der Waals surface area contributed by atoms with Gasteiger partial charge in [0.25, 0.3) is 0 Å². The fraction of sp³-hybridized carbons (Fsp3) is 0.846. The molecular formula is C13H24N2. The predicted octanol–water partition coefficient (Wildman–Crippen LogP) is 2.17. The topological polar surface area (TPSA) is 15.3 Å². The lowest BCUT2D eigenvalue weighted by Crippen LogP contribution is -2.55. The van der Waals surface area contributed by atoms with Crippen molar-refractivity contribution in [3.05, 3.63) is 12.7 Å². The summed E-state index contributed by atoms with van der Waals surface area (Å²) in [5.41, 5.74) is 0.352. The molecule has 0 saturated carbocycles. The van der Waals surface area contributed by atoms with E-state index in [9.17, 15) is 0 Å². The predicted molar refractivity (Wildman–Crippen MR) is 65.1 cm³/mol. The first-order valence-corrected chi connectivity index (χ1v) is 6.43. The molecule has 0 aromatic heterocycles. The van der Waals surface area contributed by atoms with Gasteiger partial charge in [-0.2, -0.15) is 0 Å². The summed E-state index contributed by atoms with van der Waals surface area (Å²) in [6.07, 6.45) is 10.1. The molecule has 1 N–H and O–H groups in total. The third-order valence-electron chi connectivity index (χ3n) is 3.84. The van der Waals surface area contributed by atoms with E-state index in [0.29, 0.717) is 5.54 Å². The van der Waals surface area contributed by atoms with Crippen molar-refractivity contribution in [1.82, 2.24) is 10.2 Å². The Morgan fingerprint density at radius 2 is 2.00 bits per heavy atom. The van der Waals surface area contributed by atoms with Crippen LogP contribution in [-0.2, 0) is 0 Å². The largest absolute Gasteiger partial charge is 0.310 e. The molecule has 2 heterocycles. The van der Waals surface area contributed by atoms with Crippen molar-refractivity contribution in [3.8, 4) is 0 Å². The summed E-state index contributed by atoms with van der Waals surface area (Å²) in [4.78, 5) is 2.63. The Kier molecular flexibility index (Phi) is 3.81. The summed E-state index contributed by atoms with van der Waals surface area (Å²) in [6.45, 7) is 8.96. The van der Waals surface area contributed by atoms with Crippen molar-refractivity contribution in [3.63, 3.8) is 0 Å². The van der Waals surface area contributed by atoms with Crippen molar-refractivity contribution in [2.75, 3.05) is 26.2 Å². The number of piperidine rings is 1. The van der Waals surface area contributed by atoms with Crippen LogP contribution >= 0.6 is 0 Å². The SMILES string of the molecule is C=CC[C@@]1(CN2CCCC2)CCCCN1. The molecule has 2 aliphatic heterocycles. The van der Waals surface area contributed by atoms with Crippen LogP contribution in [0.2, 0.25) is 0 Å². The van der Waals surface area contributed by atoms with E-state index in [1.54, 1.807) is 0 Å². The lowest BCUT2D eigenvalue weighted by atomic mass is 9.85. The van der Waals surface area contributed by atoms with Gasteiger partial charge in [-0.25, -0.2) is 0 Å². The molecule has 2 fully saturated rings. The Balaban J connectivity index is 1.93.